The average molecular weight is 327 g/mol. The molecule has 0 bridgehead atoms. The van der Waals surface area contributed by atoms with Gasteiger partial charge in [0.2, 0.25) is 0 Å². The molecule has 0 radical (unpaired) electrons. The van der Waals surface area contributed by atoms with Gasteiger partial charge in [-0.2, -0.15) is 0 Å². The Morgan fingerprint density at radius 2 is 1.48 bits per heavy atom. The Kier molecular flexibility index (Phi) is 16.9. The molecule has 0 aliphatic carbocycles. The van der Waals surface area contributed by atoms with Gasteiger partial charge in [0.1, 0.15) is 0 Å². The van der Waals surface area contributed by atoms with E-state index >= 15 is 0 Å². The molecule has 1 unspecified atom stereocenters. The number of allylic oxidation sites excluding steroid dienone is 1. The first-order chi connectivity index (χ1) is 11.2. The largest absolute Gasteiger partial charge is 0.481 e. The van der Waals surface area contributed by atoms with Gasteiger partial charge in [0.05, 0.1) is 6.10 Å². The van der Waals surface area contributed by atoms with E-state index in [2.05, 4.69) is 19.1 Å². The quantitative estimate of drug-likeness (QED) is 0.260. The number of carbonyl (C=O) groups is 1. The van der Waals surface area contributed by atoms with Crippen LogP contribution in [0.25, 0.3) is 0 Å². The summed E-state index contributed by atoms with van der Waals surface area (Å²) in [4.78, 5) is 10.4. The van der Waals surface area contributed by atoms with Gasteiger partial charge in [-0.25, -0.2) is 0 Å². The third-order valence-electron chi connectivity index (χ3n) is 4.23. The van der Waals surface area contributed by atoms with Gasteiger partial charge in [-0.3, -0.25) is 4.79 Å². The highest BCUT2D eigenvalue weighted by atomic mass is 16.4. The molecule has 0 aliphatic rings. The van der Waals surface area contributed by atoms with E-state index < -0.39 is 5.97 Å². The maximum atomic E-state index is 10.4. The monoisotopic (exact) mass is 326 g/mol. The van der Waals surface area contributed by atoms with Crippen LogP contribution in [-0.2, 0) is 4.79 Å². The van der Waals surface area contributed by atoms with Gasteiger partial charge in [-0.05, 0) is 32.1 Å². The lowest BCUT2D eigenvalue weighted by atomic mass is 10.0. The minimum absolute atomic E-state index is 0.173. The summed E-state index contributed by atoms with van der Waals surface area (Å²) in [7, 11) is 0. The first kappa shape index (κ1) is 22.2. The fourth-order valence-electron chi connectivity index (χ4n) is 2.72. The zero-order chi connectivity index (χ0) is 17.2. The van der Waals surface area contributed by atoms with Crippen molar-refractivity contribution < 1.29 is 15.0 Å². The summed E-state index contributed by atoms with van der Waals surface area (Å²) >= 11 is 0. The minimum Gasteiger partial charge on any atom is -0.481 e. The lowest BCUT2D eigenvalue weighted by Crippen LogP contribution is -2.04. The van der Waals surface area contributed by atoms with Crippen LogP contribution in [0.1, 0.15) is 103 Å². The maximum absolute atomic E-state index is 10.4. The van der Waals surface area contributed by atoms with Crippen molar-refractivity contribution in [3.8, 4) is 0 Å². The first-order valence-electron chi connectivity index (χ1n) is 9.71. The summed E-state index contributed by atoms with van der Waals surface area (Å²) < 4.78 is 0. The number of carboxylic acid groups (broad SMARTS) is 1. The van der Waals surface area contributed by atoms with Crippen molar-refractivity contribution in [1.82, 2.24) is 0 Å². The third kappa shape index (κ3) is 19.1. The second-order valence-electron chi connectivity index (χ2n) is 6.62. The molecule has 0 aliphatic heterocycles. The lowest BCUT2D eigenvalue weighted by molar-refractivity contribution is -0.137. The summed E-state index contributed by atoms with van der Waals surface area (Å²) in [5, 5.41) is 18.4. The second-order valence-corrected chi connectivity index (χ2v) is 6.62. The topological polar surface area (TPSA) is 57.5 Å². The van der Waals surface area contributed by atoms with Crippen LogP contribution in [0.4, 0.5) is 0 Å². The molecule has 0 spiro atoms. The number of hydrogen-bond donors (Lipinski definition) is 2. The predicted octanol–water partition coefficient (Wildman–Crippen LogP) is 5.86. The third-order valence-corrected chi connectivity index (χ3v) is 4.23. The highest BCUT2D eigenvalue weighted by Crippen LogP contribution is 2.11. The number of aliphatic hydroxyl groups excluding tert-OH is 1. The van der Waals surface area contributed by atoms with E-state index in [4.69, 9.17) is 5.11 Å². The van der Waals surface area contributed by atoms with Crippen LogP contribution in [0.2, 0.25) is 0 Å². The number of aliphatic carboxylic acids is 1. The van der Waals surface area contributed by atoms with Crippen molar-refractivity contribution in [3.63, 3.8) is 0 Å². The molecule has 3 nitrogen and oxygen atoms in total. The van der Waals surface area contributed by atoms with E-state index in [9.17, 15) is 9.90 Å². The van der Waals surface area contributed by atoms with E-state index in [0.717, 1.165) is 51.4 Å². The molecule has 0 rings (SSSR count). The van der Waals surface area contributed by atoms with Crippen molar-refractivity contribution in [2.75, 3.05) is 0 Å². The van der Waals surface area contributed by atoms with Crippen LogP contribution in [0.15, 0.2) is 12.2 Å². The predicted molar refractivity (Wildman–Crippen MR) is 97.7 cm³/mol. The normalized spacial score (nSPS) is 12.8. The van der Waals surface area contributed by atoms with Gasteiger partial charge < -0.3 is 10.2 Å². The number of unbranched alkanes of at least 4 members (excludes halogenated alkanes) is 10. The first-order valence-corrected chi connectivity index (χ1v) is 9.71. The van der Waals surface area contributed by atoms with Gasteiger partial charge in [0.15, 0.2) is 0 Å². The van der Waals surface area contributed by atoms with Crippen LogP contribution in [0, 0.1) is 0 Å². The molecule has 0 saturated heterocycles. The molecule has 0 amide bonds. The summed E-state index contributed by atoms with van der Waals surface area (Å²) in [6.45, 7) is 2.23. The molecule has 3 heteroatoms. The molecule has 0 aromatic heterocycles. The van der Waals surface area contributed by atoms with Gasteiger partial charge >= 0.3 is 5.97 Å². The van der Waals surface area contributed by atoms with E-state index in [0.29, 0.717) is 6.42 Å². The highest BCUT2D eigenvalue weighted by molar-refractivity contribution is 5.66. The summed E-state index contributed by atoms with van der Waals surface area (Å²) in [5.41, 5.74) is 0. The zero-order valence-corrected chi connectivity index (χ0v) is 15.1. The summed E-state index contributed by atoms with van der Waals surface area (Å²) in [6, 6.07) is 0. The molecule has 0 heterocycles. The molecule has 2 N–H and O–H groups in total. The second kappa shape index (κ2) is 17.5. The Morgan fingerprint density at radius 3 is 2.17 bits per heavy atom. The van der Waals surface area contributed by atoms with Crippen LogP contribution in [-0.4, -0.2) is 22.3 Å². The number of aliphatic hydroxyl groups is 1. The van der Waals surface area contributed by atoms with Crippen molar-refractivity contribution in [3.05, 3.63) is 12.2 Å². The van der Waals surface area contributed by atoms with Crippen molar-refractivity contribution in [1.29, 1.82) is 0 Å². The Morgan fingerprint density at radius 1 is 0.870 bits per heavy atom. The Balaban J connectivity index is 3.27. The highest BCUT2D eigenvalue weighted by Gasteiger charge is 2.01. The van der Waals surface area contributed by atoms with Gasteiger partial charge in [-0.15, -0.1) is 0 Å². The molecular formula is C20H38O3. The molecule has 0 fully saturated rings. The molecule has 0 saturated carbocycles. The van der Waals surface area contributed by atoms with E-state index in [1.165, 1.54) is 38.5 Å². The van der Waals surface area contributed by atoms with Crippen LogP contribution in [0.3, 0.4) is 0 Å². The molecule has 0 aromatic rings. The maximum Gasteiger partial charge on any atom is 0.303 e. The number of carboxylic acids is 1. The summed E-state index contributed by atoms with van der Waals surface area (Å²) in [6.07, 6.45) is 20.2. The van der Waals surface area contributed by atoms with E-state index in [1.807, 2.05) is 0 Å². The standard InChI is InChI=1S/C20H38O3/c1-2-3-4-5-10-13-16-19(21)17-14-11-8-6-7-9-12-15-18-20(22)23/h11,14,19,21H,2-10,12-13,15-18H2,1H3,(H,22,23)/b14-11+. The Hall–Kier alpha value is -0.830. The van der Waals surface area contributed by atoms with Crippen LogP contribution >= 0.6 is 0 Å². The molecule has 136 valence electrons. The molecular weight excluding hydrogens is 288 g/mol. The number of hydrogen-bond acceptors (Lipinski definition) is 2. The number of rotatable bonds is 17. The lowest BCUT2D eigenvalue weighted by Gasteiger charge is -2.07. The van der Waals surface area contributed by atoms with E-state index in [1.54, 1.807) is 0 Å². The van der Waals surface area contributed by atoms with E-state index in [-0.39, 0.29) is 6.10 Å². The molecule has 23 heavy (non-hydrogen) atoms. The molecule has 1 atom stereocenters. The van der Waals surface area contributed by atoms with Crippen molar-refractivity contribution >= 4 is 5.97 Å². The van der Waals surface area contributed by atoms with Crippen molar-refractivity contribution in [2.24, 2.45) is 0 Å². The zero-order valence-electron chi connectivity index (χ0n) is 15.1. The fraction of sp³-hybridized carbons (Fsp3) is 0.850. The van der Waals surface area contributed by atoms with Gasteiger partial charge in [-0.1, -0.05) is 76.9 Å². The average Bonchev–Trinajstić information content (AvgIpc) is 2.52. The van der Waals surface area contributed by atoms with Crippen LogP contribution in [0.5, 0.6) is 0 Å². The minimum atomic E-state index is -0.688. The molecule has 0 aromatic carbocycles. The van der Waals surface area contributed by atoms with Crippen LogP contribution < -0.4 is 0 Å². The summed E-state index contributed by atoms with van der Waals surface area (Å²) in [5.74, 6) is -0.688. The SMILES string of the molecule is CCCCCCCCC(O)C/C=C/CCCCCCCC(=O)O. The smallest absolute Gasteiger partial charge is 0.303 e. The van der Waals surface area contributed by atoms with Gasteiger partial charge in [0, 0.05) is 6.42 Å². The fourth-order valence-corrected chi connectivity index (χ4v) is 2.72. The Labute approximate surface area is 143 Å². The van der Waals surface area contributed by atoms with Crippen molar-refractivity contribution in [2.45, 2.75) is 109 Å². The Bertz CT molecular complexity index is 287. The van der Waals surface area contributed by atoms with Gasteiger partial charge in [0.25, 0.3) is 0 Å².